The van der Waals surface area contributed by atoms with Crippen LogP contribution < -0.4 is 10.1 Å². The normalized spacial score (nSPS) is 23.5. The highest BCUT2D eigenvalue weighted by Crippen LogP contribution is 2.46. The number of ketones is 1. The molecule has 0 radical (unpaired) electrons. The number of esters is 2. The summed E-state index contributed by atoms with van der Waals surface area (Å²) in [7, 11) is 1.29. The van der Waals surface area contributed by atoms with Crippen molar-refractivity contribution in [3.63, 3.8) is 0 Å². The monoisotopic (exact) mass is 455 g/mol. The van der Waals surface area contributed by atoms with Gasteiger partial charge in [0.1, 0.15) is 11.7 Å². The molecule has 1 N–H and O–H groups in total. The maximum atomic E-state index is 13.7. The van der Waals surface area contributed by atoms with Crippen molar-refractivity contribution < 1.29 is 28.6 Å². The molecule has 4 unspecified atom stereocenters. The van der Waals surface area contributed by atoms with Crippen LogP contribution in [0.1, 0.15) is 58.9 Å². The van der Waals surface area contributed by atoms with Gasteiger partial charge in [-0.3, -0.25) is 9.59 Å². The Balaban J connectivity index is 2.17. The van der Waals surface area contributed by atoms with Crippen LogP contribution in [0.2, 0.25) is 0 Å². The molecule has 7 heteroatoms. The fraction of sp³-hybridized carbons (Fsp3) is 0.500. The van der Waals surface area contributed by atoms with Crippen LogP contribution in [0.5, 0.6) is 5.75 Å². The molecule has 4 atom stereocenters. The molecule has 1 aliphatic heterocycles. The molecule has 0 aromatic heterocycles. The van der Waals surface area contributed by atoms with Crippen molar-refractivity contribution in [3.05, 3.63) is 52.4 Å². The average molecular weight is 456 g/mol. The molecule has 0 fully saturated rings. The number of methoxy groups -OCH3 is 1. The second kappa shape index (κ2) is 10.2. The molecule has 1 aliphatic carbocycles. The molecule has 0 saturated carbocycles. The maximum Gasteiger partial charge on any atom is 0.337 e. The number of hydrogen-bond acceptors (Lipinski definition) is 7. The number of ether oxygens (including phenoxy) is 3. The fourth-order valence-corrected chi connectivity index (χ4v) is 4.56. The molecule has 7 nitrogen and oxygen atoms in total. The minimum absolute atomic E-state index is 0.229. The minimum Gasteiger partial charge on any atom is -0.494 e. The van der Waals surface area contributed by atoms with Gasteiger partial charge in [0, 0.05) is 22.9 Å². The highest BCUT2D eigenvalue weighted by atomic mass is 16.5. The minimum atomic E-state index is -0.918. The molecule has 3 rings (SSSR count). The van der Waals surface area contributed by atoms with E-state index >= 15 is 0 Å². The van der Waals surface area contributed by atoms with Gasteiger partial charge in [0.05, 0.1) is 25.4 Å². The van der Waals surface area contributed by atoms with Crippen LogP contribution in [-0.4, -0.2) is 37.5 Å². The van der Waals surface area contributed by atoms with Gasteiger partial charge in [-0.15, -0.1) is 0 Å². The molecule has 2 aliphatic rings. The van der Waals surface area contributed by atoms with Crippen molar-refractivity contribution in [1.82, 2.24) is 5.32 Å². The Hall–Kier alpha value is -3.09. The largest absolute Gasteiger partial charge is 0.494 e. The number of rotatable bonds is 7. The third-order valence-corrected chi connectivity index (χ3v) is 6.35. The lowest BCUT2D eigenvalue weighted by Gasteiger charge is -2.38. The summed E-state index contributed by atoms with van der Waals surface area (Å²) in [5.74, 6) is -2.54. The Kier molecular flexibility index (Phi) is 7.61. The smallest absolute Gasteiger partial charge is 0.337 e. The van der Waals surface area contributed by atoms with Crippen molar-refractivity contribution in [2.45, 2.75) is 59.5 Å². The Morgan fingerprint density at radius 2 is 1.97 bits per heavy atom. The second-order valence-electron chi connectivity index (χ2n) is 8.67. The summed E-state index contributed by atoms with van der Waals surface area (Å²) in [6, 6.07) is 7.38. The first kappa shape index (κ1) is 24.6. The van der Waals surface area contributed by atoms with Crippen molar-refractivity contribution in [2.75, 3.05) is 13.7 Å². The maximum absolute atomic E-state index is 13.7. The van der Waals surface area contributed by atoms with Crippen LogP contribution in [0, 0.1) is 11.8 Å². The topological polar surface area (TPSA) is 90.9 Å². The molecule has 0 saturated heterocycles. The van der Waals surface area contributed by atoms with E-state index in [1.165, 1.54) is 7.11 Å². The van der Waals surface area contributed by atoms with Crippen LogP contribution >= 0.6 is 0 Å². The van der Waals surface area contributed by atoms with Crippen LogP contribution in [0.3, 0.4) is 0 Å². The van der Waals surface area contributed by atoms with Crippen molar-refractivity contribution >= 4 is 17.7 Å². The standard InChI is InChI=1S/C26H33NO6/c1-7-15(4)33-26(30)21-16(5)27-19-12-14(3)20(25(29)31-6)24(28)23(19)22(21)17-10-9-11-18(13-17)32-8-2/h9-11,13-15,20,22,27H,7-8,12H2,1-6H3. The lowest BCUT2D eigenvalue weighted by Crippen LogP contribution is -2.43. The van der Waals surface area contributed by atoms with E-state index in [9.17, 15) is 14.4 Å². The van der Waals surface area contributed by atoms with E-state index in [-0.39, 0.29) is 17.8 Å². The average Bonchev–Trinajstić information content (AvgIpc) is 2.78. The zero-order chi connectivity index (χ0) is 24.3. The number of hydrogen-bond donors (Lipinski definition) is 1. The van der Waals surface area contributed by atoms with Gasteiger partial charge in [-0.05, 0) is 57.2 Å². The third-order valence-electron chi connectivity index (χ3n) is 6.35. The van der Waals surface area contributed by atoms with E-state index in [0.29, 0.717) is 42.0 Å². The molecule has 1 heterocycles. The molecule has 33 heavy (non-hydrogen) atoms. The van der Waals surface area contributed by atoms with Crippen LogP contribution in [0.4, 0.5) is 0 Å². The number of Topliss-reactive ketones (excluding diaryl/α,β-unsaturated/α-hetero) is 1. The summed E-state index contributed by atoms with van der Waals surface area (Å²) in [4.78, 5) is 39.5. The van der Waals surface area contributed by atoms with Crippen molar-refractivity contribution in [2.24, 2.45) is 11.8 Å². The Labute approximate surface area is 195 Å². The molecule has 0 bridgehead atoms. The summed E-state index contributed by atoms with van der Waals surface area (Å²) in [5, 5.41) is 3.27. The predicted molar refractivity (Wildman–Crippen MR) is 123 cm³/mol. The van der Waals surface area contributed by atoms with Gasteiger partial charge in [-0.25, -0.2) is 4.79 Å². The van der Waals surface area contributed by atoms with Crippen LogP contribution in [-0.2, 0) is 23.9 Å². The van der Waals surface area contributed by atoms with E-state index in [1.807, 2.05) is 58.9 Å². The van der Waals surface area contributed by atoms with Gasteiger partial charge in [0.15, 0.2) is 5.78 Å². The van der Waals surface area contributed by atoms with Gasteiger partial charge >= 0.3 is 11.9 Å². The third kappa shape index (κ3) is 4.82. The predicted octanol–water partition coefficient (Wildman–Crippen LogP) is 4.04. The summed E-state index contributed by atoms with van der Waals surface area (Å²) >= 11 is 0. The lowest BCUT2D eigenvalue weighted by atomic mass is 9.69. The van der Waals surface area contributed by atoms with Crippen molar-refractivity contribution in [3.8, 4) is 5.75 Å². The number of carbonyl (C=O) groups excluding carboxylic acids is 3. The molecular weight excluding hydrogens is 422 g/mol. The molecule has 1 aromatic carbocycles. The summed E-state index contributed by atoms with van der Waals surface area (Å²) in [5.41, 5.74) is 2.90. The van der Waals surface area contributed by atoms with Gasteiger partial charge in [0.2, 0.25) is 0 Å². The zero-order valence-corrected chi connectivity index (χ0v) is 20.2. The number of allylic oxidation sites excluding steroid dienone is 3. The highest BCUT2D eigenvalue weighted by Gasteiger charge is 2.47. The Morgan fingerprint density at radius 3 is 2.61 bits per heavy atom. The first-order valence-electron chi connectivity index (χ1n) is 11.5. The number of nitrogens with one attached hydrogen (secondary N) is 1. The van der Waals surface area contributed by atoms with E-state index < -0.39 is 23.8 Å². The van der Waals surface area contributed by atoms with E-state index in [2.05, 4.69) is 5.32 Å². The van der Waals surface area contributed by atoms with Crippen molar-refractivity contribution in [1.29, 1.82) is 0 Å². The molecule has 178 valence electrons. The van der Waals surface area contributed by atoms with E-state index in [4.69, 9.17) is 14.2 Å². The second-order valence-corrected chi connectivity index (χ2v) is 8.67. The molecular formula is C26H33NO6. The van der Waals surface area contributed by atoms with Gasteiger partial charge in [-0.2, -0.15) is 0 Å². The van der Waals surface area contributed by atoms with Crippen LogP contribution in [0.25, 0.3) is 0 Å². The molecule has 0 spiro atoms. The summed E-state index contributed by atoms with van der Waals surface area (Å²) in [6.07, 6.45) is 0.895. The quantitative estimate of drug-likeness (QED) is 0.490. The molecule has 0 amide bonds. The SMILES string of the molecule is CCOc1cccc(C2C(C(=O)OC(C)CC)=C(C)NC3=C2C(=O)C(C(=O)OC)C(C)C3)c1. The molecule has 1 aromatic rings. The number of carbonyl (C=O) groups is 3. The number of dihydropyridines is 1. The Morgan fingerprint density at radius 1 is 1.24 bits per heavy atom. The Bertz CT molecular complexity index is 1010. The lowest BCUT2D eigenvalue weighted by molar-refractivity contribution is -0.151. The van der Waals surface area contributed by atoms with E-state index in [1.54, 1.807) is 0 Å². The van der Waals surface area contributed by atoms with Crippen LogP contribution in [0.15, 0.2) is 46.8 Å². The van der Waals surface area contributed by atoms with Gasteiger partial charge in [-0.1, -0.05) is 26.0 Å². The first-order valence-corrected chi connectivity index (χ1v) is 11.5. The highest BCUT2D eigenvalue weighted by molar-refractivity contribution is 6.12. The van der Waals surface area contributed by atoms with Gasteiger partial charge < -0.3 is 19.5 Å². The summed E-state index contributed by atoms with van der Waals surface area (Å²) in [6.45, 7) is 9.83. The zero-order valence-electron chi connectivity index (χ0n) is 20.2. The first-order chi connectivity index (χ1) is 15.7. The number of benzene rings is 1. The summed E-state index contributed by atoms with van der Waals surface area (Å²) < 4.78 is 16.3. The van der Waals surface area contributed by atoms with E-state index in [0.717, 1.165) is 11.3 Å². The fourth-order valence-electron chi connectivity index (χ4n) is 4.56. The van der Waals surface area contributed by atoms with Gasteiger partial charge in [0.25, 0.3) is 0 Å².